The van der Waals surface area contributed by atoms with Gasteiger partial charge < -0.3 is 15.2 Å². The molecule has 1 aromatic carbocycles. The Morgan fingerprint density at radius 2 is 1.96 bits per heavy atom. The van der Waals surface area contributed by atoms with Crippen molar-refractivity contribution < 1.29 is 19.4 Å². The van der Waals surface area contributed by atoms with Gasteiger partial charge >= 0.3 is 5.97 Å². The minimum Gasteiger partial charge on any atom is -0.480 e. The number of thiazole rings is 1. The fourth-order valence-corrected chi connectivity index (χ4v) is 2.90. The average Bonchev–Trinajstić information content (AvgIpc) is 3.04. The first-order chi connectivity index (χ1) is 11.4. The number of ether oxygens (including phenoxy) is 1. The third-order valence-corrected chi connectivity index (χ3v) is 4.39. The van der Waals surface area contributed by atoms with Crippen LogP contribution in [0.5, 0.6) is 0 Å². The molecule has 128 valence electrons. The van der Waals surface area contributed by atoms with E-state index in [2.05, 4.69) is 24.1 Å². The van der Waals surface area contributed by atoms with Gasteiger partial charge in [0.2, 0.25) is 0 Å². The number of carbonyl (C=O) groups is 2. The van der Waals surface area contributed by atoms with Crippen LogP contribution in [0.15, 0.2) is 29.6 Å². The number of benzene rings is 1. The zero-order valence-electron chi connectivity index (χ0n) is 13.8. The van der Waals surface area contributed by atoms with Gasteiger partial charge in [0.25, 0.3) is 5.91 Å². The molecule has 1 aromatic heterocycles. The van der Waals surface area contributed by atoms with E-state index in [4.69, 9.17) is 9.84 Å². The van der Waals surface area contributed by atoms with Crippen molar-refractivity contribution in [2.75, 3.05) is 13.7 Å². The topological polar surface area (TPSA) is 88.5 Å². The second-order valence-electron chi connectivity index (χ2n) is 5.63. The molecule has 0 aliphatic carbocycles. The van der Waals surface area contributed by atoms with Crippen LogP contribution in [0.25, 0.3) is 10.6 Å². The first-order valence-electron chi connectivity index (χ1n) is 7.50. The maximum atomic E-state index is 12.1. The van der Waals surface area contributed by atoms with Gasteiger partial charge in [0, 0.05) is 18.1 Å². The molecule has 0 saturated carbocycles. The Kier molecular flexibility index (Phi) is 6.05. The molecule has 24 heavy (non-hydrogen) atoms. The monoisotopic (exact) mass is 348 g/mol. The summed E-state index contributed by atoms with van der Waals surface area (Å²) in [5.74, 6) is -1.23. The van der Waals surface area contributed by atoms with E-state index < -0.39 is 17.9 Å². The summed E-state index contributed by atoms with van der Waals surface area (Å²) in [4.78, 5) is 27.5. The second-order valence-corrected chi connectivity index (χ2v) is 6.49. The summed E-state index contributed by atoms with van der Waals surface area (Å²) in [6.45, 7) is 4.15. The van der Waals surface area contributed by atoms with Crippen molar-refractivity contribution in [2.24, 2.45) is 0 Å². The van der Waals surface area contributed by atoms with E-state index in [9.17, 15) is 9.59 Å². The van der Waals surface area contributed by atoms with Crippen LogP contribution in [0.4, 0.5) is 0 Å². The van der Waals surface area contributed by atoms with Crippen LogP contribution in [0.3, 0.4) is 0 Å². The molecule has 2 rings (SSSR count). The molecule has 1 heterocycles. The number of nitrogens with one attached hydrogen (secondary N) is 1. The normalized spacial score (nSPS) is 12.2. The van der Waals surface area contributed by atoms with Gasteiger partial charge in [-0.2, -0.15) is 0 Å². The Morgan fingerprint density at radius 1 is 1.29 bits per heavy atom. The molecular weight excluding hydrogens is 328 g/mol. The van der Waals surface area contributed by atoms with E-state index in [-0.39, 0.29) is 12.3 Å². The van der Waals surface area contributed by atoms with Crippen LogP contribution in [-0.4, -0.2) is 41.7 Å². The number of aliphatic carboxylic acids is 1. The summed E-state index contributed by atoms with van der Waals surface area (Å²) in [6.07, 6.45) is 0. The van der Waals surface area contributed by atoms with Crippen molar-refractivity contribution >= 4 is 23.2 Å². The van der Waals surface area contributed by atoms with Crippen molar-refractivity contribution in [3.05, 3.63) is 40.9 Å². The van der Waals surface area contributed by atoms with Crippen molar-refractivity contribution in [3.63, 3.8) is 0 Å². The third kappa shape index (κ3) is 4.39. The minimum absolute atomic E-state index is 0.102. The van der Waals surface area contributed by atoms with Gasteiger partial charge in [0.1, 0.15) is 10.7 Å². The highest BCUT2D eigenvalue weighted by atomic mass is 32.1. The highest BCUT2D eigenvalue weighted by Crippen LogP contribution is 2.25. The number of carboxylic acids is 1. The lowest BCUT2D eigenvalue weighted by atomic mass is 10.0. The van der Waals surface area contributed by atoms with Crippen LogP contribution >= 0.6 is 11.3 Å². The number of hydrogen-bond donors (Lipinski definition) is 2. The van der Waals surface area contributed by atoms with Crippen molar-refractivity contribution in [2.45, 2.75) is 25.8 Å². The summed E-state index contributed by atoms with van der Waals surface area (Å²) < 4.78 is 4.79. The Morgan fingerprint density at radius 3 is 2.50 bits per heavy atom. The van der Waals surface area contributed by atoms with Gasteiger partial charge in [-0.1, -0.05) is 38.1 Å². The molecule has 6 nitrogen and oxygen atoms in total. The van der Waals surface area contributed by atoms with Crippen LogP contribution in [0, 0.1) is 0 Å². The van der Waals surface area contributed by atoms with Gasteiger partial charge in [-0.3, -0.25) is 4.79 Å². The highest BCUT2D eigenvalue weighted by Gasteiger charge is 2.22. The number of methoxy groups -OCH3 is 1. The fourth-order valence-electron chi connectivity index (χ4n) is 2.09. The summed E-state index contributed by atoms with van der Waals surface area (Å²) in [5.41, 5.74) is 2.36. The van der Waals surface area contributed by atoms with Gasteiger partial charge in [0.15, 0.2) is 6.04 Å². The lowest BCUT2D eigenvalue weighted by Crippen LogP contribution is -2.43. The fraction of sp³-hybridized carbons (Fsp3) is 0.353. The van der Waals surface area contributed by atoms with Gasteiger partial charge in [-0.05, 0) is 11.5 Å². The number of aromatic nitrogens is 1. The quantitative estimate of drug-likeness (QED) is 0.803. The Hall–Kier alpha value is -2.25. The van der Waals surface area contributed by atoms with Gasteiger partial charge in [-0.25, -0.2) is 9.78 Å². The van der Waals surface area contributed by atoms with E-state index in [1.165, 1.54) is 24.0 Å². The molecular formula is C17H20N2O4S. The molecule has 0 saturated heterocycles. The lowest BCUT2D eigenvalue weighted by molar-refractivity contribution is -0.140. The molecule has 1 unspecified atom stereocenters. The molecule has 7 heteroatoms. The largest absolute Gasteiger partial charge is 0.480 e. The van der Waals surface area contributed by atoms with Gasteiger partial charge in [-0.15, -0.1) is 11.3 Å². The standard InChI is InChI=1S/C17H20N2O4S/c1-10(2)11-4-6-12(7-5-11)16-19-14(9-24-16)15(20)18-13(8-23-3)17(21)22/h4-7,9-10,13H,8H2,1-3H3,(H,18,20)(H,21,22). The first kappa shape index (κ1) is 18.1. The number of carbonyl (C=O) groups excluding carboxylic acids is 1. The lowest BCUT2D eigenvalue weighted by Gasteiger charge is -2.12. The zero-order chi connectivity index (χ0) is 17.7. The molecule has 0 radical (unpaired) electrons. The molecule has 1 amide bonds. The van der Waals surface area contributed by atoms with E-state index in [1.807, 2.05) is 24.3 Å². The number of hydrogen-bond acceptors (Lipinski definition) is 5. The van der Waals surface area contributed by atoms with Crippen molar-refractivity contribution in [3.8, 4) is 10.6 Å². The second kappa shape index (κ2) is 8.03. The zero-order valence-corrected chi connectivity index (χ0v) is 14.6. The number of carboxylic acid groups (broad SMARTS) is 1. The Balaban J connectivity index is 2.11. The summed E-state index contributed by atoms with van der Waals surface area (Å²) in [5, 5.41) is 13.8. The molecule has 0 spiro atoms. The van der Waals surface area contributed by atoms with E-state index in [0.717, 1.165) is 5.56 Å². The molecule has 0 aliphatic heterocycles. The summed E-state index contributed by atoms with van der Waals surface area (Å²) >= 11 is 1.34. The molecule has 2 N–H and O–H groups in total. The van der Waals surface area contributed by atoms with E-state index in [0.29, 0.717) is 10.9 Å². The average molecular weight is 348 g/mol. The smallest absolute Gasteiger partial charge is 0.328 e. The number of amides is 1. The first-order valence-corrected chi connectivity index (χ1v) is 8.38. The maximum Gasteiger partial charge on any atom is 0.328 e. The predicted octanol–water partition coefficient (Wildman–Crippen LogP) is 2.76. The van der Waals surface area contributed by atoms with E-state index in [1.54, 1.807) is 5.38 Å². The number of rotatable bonds is 7. The molecule has 0 fully saturated rings. The summed E-state index contributed by atoms with van der Waals surface area (Å²) in [7, 11) is 1.38. The van der Waals surface area contributed by atoms with Crippen LogP contribution < -0.4 is 5.32 Å². The maximum absolute atomic E-state index is 12.1. The Bertz CT molecular complexity index is 710. The van der Waals surface area contributed by atoms with Crippen LogP contribution in [0.1, 0.15) is 35.8 Å². The van der Waals surface area contributed by atoms with Crippen molar-refractivity contribution in [1.29, 1.82) is 0 Å². The number of nitrogens with zero attached hydrogens (tertiary/aromatic N) is 1. The Labute approximate surface area is 144 Å². The SMILES string of the molecule is COCC(NC(=O)c1csc(-c2ccc(C(C)C)cc2)n1)C(=O)O. The molecule has 0 aliphatic rings. The predicted molar refractivity (Wildman–Crippen MR) is 92.4 cm³/mol. The van der Waals surface area contributed by atoms with E-state index >= 15 is 0 Å². The summed E-state index contributed by atoms with van der Waals surface area (Å²) in [6, 6.07) is 6.93. The molecule has 0 bridgehead atoms. The molecule has 2 aromatic rings. The van der Waals surface area contributed by atoms with Crippen LogP contribution in [-0.2, 0) is 9.53 Å². The third-order valence-electron chi connectivity index (χ3n) is 3.50. The van der Waals surface area contributed by atoms with Crippen molar-refractivity contribution in [1.82, 2.24) is 10.3 Å². The minimum atomic E-state index is -1.15. The highest BCUT2D eigenvalue weighted by molar-refractivity contribution is 7.13. The van der Waals surface area contributed by atoms with Gasteiger partial charge in [0.05, 0.1) is 6.61 Å². The van der Waals surface area contributed by atoms with Crippen LogP contribution in [0.2, 0.25) is 0 Å². The molecule has 1 atom stereocenters.